The quantitative estimate of drug-likeness (QED) is 0.650. The molecule has 0 amide bonds. The Bertz CT molecular complexity index is 220. The van der Waals surface area contributed by atoms with Crippen LogP contribution < -0.4 is 0 Å². The highest BCUT2D eigenvalue weighted by Crippen LogP contribution is 2.39. The van der Waals surface area contributed by atoms with E-state index in [0.717, 1.165) is 0 Å². The summed E-state index contributed by atoms with van der Waals surface area (Å²) in [6.45, 7) is 6.64. The number of halogens is 3. The van der Waals surface area contributed by atoms with Crippen molar-refractivity contribution in [1.29, 1.82) is 0 Å². The van der Waals surface area contributed by atoms with E-state index in [-0.39, 0.29) is 19.0 Å². The lowest BCUT2D eigenvalue weighted by molar-refractivity contribution is -0.119. The van der Waals surface area contributed by atoms with Gasteiger partial charge >= 0.3 is 0 Å². The Balaban J connectivity index is 2.79. The van der Waals surface area contributed by atoms with Crippen molar-refractivity contribution in [3.05, 3.63) is 0 Å². The second kappa shape index (κ2) is 4.32. The number of likely N-dealkylation sites (tertiary alicyclic amines) is 1. The second-order valence-electron chi connectivity index (χ2n) is 4.98. The van der Waals surface area contributed by atoms with E-state index in [0.29, 0.717) is 0 Å². The number of piperidine rings is 1. The van der Waals surface area contributed by atoms with Gasteiger partial charge in [-0.05, 0) is 19.8 Å². The van der Waals surface area contributed by atoms with E-state index >= 15 is 0 Å². The van der Waals surface area contributed by atoms with E-state index in [2.05, 4.69) is 0 Å². The molecule has 0 radical (unpaired) electrons. The Morgan fingerprint density at radius 1 is 1.20 bits per heavy atom. The van der Waals surface area contributed by atoms with Crippen LogP contribution in [-0.2, 0) is 0 Å². The zero-order valence-electron chi connectivity index (χ0n) is 9.80. The molecule has 0 aromatic rings. The molecule has 4 heteroatoms. The van der Waals surface area contributed by atoms with Gasteiger partial charge in [0.05, 0.1) is 0 Å². The second-order valence-corrected chi connectivity index (χ2v) is 4.98. The topological polar surface area (TPSA) is 3.24 Å². The van der Waals surface area contributed by atoms with Crippen LogP contribution in [0.4, 0.5) is 13.2 Å². The zero-order chi connectivity index (χ0) is 11.8. The maximum Gasteiger partial charge on any atom is 0.157 e. The summed E-state index contributed by atoms with van der Waals surface area (Å²) in [5.74, 6) is -0.486. The Labute approximate surface area is 89.6 Å². The standard InChI is InChI=1S/C11H20F3N/c1-7(2)11(14)5-10(13)15(8(3)4)6-9(11)12/h7-10H,5-6H2,1-4H3. The Kier molecular flexibility index (Phi) is 3.69. The molecule has 0 aliphatic carbocycles. The minimum Gasteiger partial charge on any atom is -0.268 e. The van der Waals surface area contributed by atoms with Crippen LogP contribution in [0.2, 0.25) is 0 Å². The molecule has 0 aromatic heterocycles. The molecule has 1 nitrogen and oxygen atoms in total. The van der Waals surface area contributed by atoms with Crippen LogP contribution in [0.3, 0.4) is 0 Å². The van der Waals surface area contributed by atoms with Gasteiger partial charge in [-0.15, -0.1) is 0 Å². The SMILES string of the molecule is CC(C)N1CC(F)C(F)(C(C)C)CC1F. The normalized spacial score (nSPS) is 39.0. The average Bonchev–Trinajstić information content (AvgIpc) is 2.10. The molecule has 1 saturated heterocycles. The molecule has 1 aliphatic rings. The highest BCUT2D eigenvalue weighted by atomic mass is 19.2. The van der Waals surface area contributed by atoms with Crippen LogP contribution in [0.15, 0.2) is 0 Å². The van der Waals surface area contributed by atoms with E-state index in [9.17, 15) is 13.2 Å². The molecule has 0 saturated carbocycles. The van der Waals surface area contributed by atoms with Gasteiger partial charge in [-0.1, -0.05) is 13.8 Å². The largest absolute Gasteiger partial charge is 0.268 e. The van der Waals surface area contributed by atoms with Gasteiger partial charge < -0.3 is 0 Å². The first-order valence-corrected chi connectivity index (χ1v) is 5.51. The van der Waals surface area contributed by atoms with Crippen molar-refractivity contribution in [3.8, 4) is 0 Å². The van der Waals surface area contributed by atoms with Crippen molar-refractivity contribution in [1.82, 2.24) is 4.90 Å². The minimum absolute atomic E-state index is 0.0880. The van der Waals surface area contributed by atoms with Crippen molar-refractivity contribution < 1.29 is 13.2 Å². The molecule has 1 rings (SSSR count). The number of hydrogen-bond acceptors (Lipinski definition) is 1. The van der Waals surface area contributed by atoms with Crippen molar-refractivity contribution in [2.75, 3.05) is 6.54 Å². The third-order valence-corrected chi connectivity index (χ3v) is 3.36. The highest BCUT2D eigenvalue weighted by Gasteiger charge is 2.50. The van der Waals surface area contributed by atoms with Crippen LogP contribution in [0.1, 0.15) is 34.1 Å². The van der Waals surface area contributed by atoms with E-state index in [4.69, 9.17) is 0 Å². The Morgan fingerprint density at radius 2 is 1.73 bits per heavy atom. The predicted octanol–water partition coefficient (Wildman–Crippen LogP) is 3.10. The predicted molar refractivity (Wildman–Crippen MR) is 54.9 cm³/mol. The smallest absolute Gasteiger partial charge is 0.157 e. The monoisotopic (exact) mass is 223 g/mol. The van der Waals surface area contributed by atoms with Gasteiger partial charge in [0.2, 0.25) is 0 Å². The van der Waals surface area contributed by atoms with E-state index in [1.54, 1.807) is 27.7 Å². The summed E-state index contributed by atoms with van der Waals surface area (Å²) in [5, 5.41) is 0. The molecule has 3 unspecified atom stereocenters. The van der Waals surface area contributed by atoms with Gasteiger partial charge in [0, 0.05) is 19.0 Å². The number of hydrogen-bond donors (Lipinski definition) is 0. The molecular weight excluding hydrogens is 203 g/mol. The van der Waals surface area contributed by atoms with E-state index in [1.807, 2.05) is 0 Å². The summed E-state index contributed by atoms with van der Waals surface area (Å²) in [7, 11) is 0. The first-order valence-electron chi connectivity index (χ1n) is 5.51. The van der Waals surface area contributed by atoms with Gasteiger partial charge in [-0.25, -0.2) is 13.2 Å². The number of nitrogens with zero attached hydrogens (tertiary/aromatic N) is 1. The fourth-order valence-electron chi connectivity index (χ4n) is 2.09. The molecule has 3 atom stereocenters. The van der Waals surface area contributed by atoms with Crippen LogP contribution >= 0.6 is 0 Å². The maximum atomic E-state index is 14.1. The number of alkyl halides is 3. The van der Waals surface area contributed by atoms with Crippen LogP contribution in [0.25, 0.3) is 0 Å². The van der Waals surface area contributed by atoms with E-state index < -0.39 is 24.1 Å². The highest BCUT2D eigenvalue weighted by molar-refractivity contribution is 4.98. The van der Waals surface area contributed by atoms with Crippen molar-refractivity contribution in [2.45, 2.75) is 58.3 Å². The summed E-state index contributed by atoms with van der Waals surface area (Å²) in [5.41, 5.74) is -2.01. The molecule has 15 heavy (non-hydrogen) atoms. The summed E-state index contributed by atoms with van der Waals surface area (Å²) in [6, 6.07) is -0.0880. The molecular formula is C11H20F3N. The van der Waals surface area contributed by atoms with Crippen LogP contribution in [0.5, 0.6) is 0 Å². The fourth-order valence-corrected chi connectivity index (χ4v) is 2.09. The molecule has 1 heterocycles. The average molecular weight is 223 g/mol. The lowest BCUT2D eigenvalue weighted by Crippen LogP contribution is -2.58. The Hall–Kier alpha value is -0.250. The maximum absolute atomic E-state index is 14.1. The lowest BCUT2D eigenvalue weighted by Gasteiger charge is -2.44. The lowest BCUT2D eigenvalue weighted by atomic mass is 9.81. The molecule has 1 aliphatic heterocycles. The molecule has 0 spiro atoms. The van der Waals surface area contributed by atoms with E-state index in [1.165, 1.54) is 4.90 Å². The van der Waals surface area contributed by atoms with Crippen LogP contribution in [-0.4, -0.2) is 35.6 Å². The molecule has 0 N–H and O–H groups in total. The summed E-state index contributed by atoms with van der Waals surface area (Å²) < 4.78 is 41.5. The molecule has 90 valence electrons. The molecule has 0 bridgehead atoms. The number of rotatable bonds is 2. The van der Waals surface area contributed by atoms with Crippen molar-refractivity contribution >= 4 is 0 Å². The first-order chi connectivity index (χ1) is 6.79. The fraction of sp³-hybridized carbons (Fsp3) is 1.00. The third-order valence-electron chi connectivity index (χ3n) is 3.36. The van der Waals surface area contributed by atoms with Gasteiger partial charge in [0.25, 0.3) is 0 Å². The van der Waals surface area contributed by atoms with Gasteiger partial charge in [0.1, 0.15) is 11.8 Å². The van der Waals surface area contributed by atoms with Gasteiger partial charge in [0.15, 0.2) is 6.30 Å². The van der Waals surface area contributed by atoms with Crippen LogP contribution in [0, 0.1) is 5.92 Å². The molecule has 0 aromatic carbocycles. The van der Waals surface area contributed by atoms with Crippen molar-refractivity contribution in [2.24, 2.45) is 5.92 Å². The van der Waals surface area contributed by atoms with Gasteiger partial charge in [-0.3, -0.25) is 4.90 Å². The van der Waals surface area contributed by atoms with Gasteiger partial charge in [-0.2, -0.15) is 0 Å². The molecule has 1 fully saturated rings. The first kappa shape index (κ1) is 12.8. The third kappa shape index (κ3) is 2.30. The van der Waals surface area contributed by atoms with Crippen molar-refractivity contribution in [3.63, 3.8) is 0 Å². The minimum atomic E-state index is -2.01. The Morgan fingerprint density at radius 3 is 2.13 bits per heavy atom. The summed E-state index contributed by atoms with van der Waals surface area (Å²) >= 11 is 0. The summed E-state index contributed by atoms with van der Waals surface area (Å²) in [4.78, 5) is 1.38. The zero-order valence-corrected chi connectivity index (χ0v) is 9.80. The summed E-state index contributed by atoms with van der Waals surface area (Å²) in [6.07, 6.45) is -3.32.